The highest BCUT2D eigenvalue weighted by molar-refractivity contribution is 8.00. The number of aromatic nitrogens is 1. The first kappa shape index (κ1) is 20.0. The van der Waals surface area contributed by atoms with Crippen LogP contribution in [0.15, 0.2) is 21.3 Å². The summed E-state index contributed by atoms with van der Waals surface area (Å²) >= 11 is 8.25. The van der Waals surface area contributed by atoms with E-state index >= 15 is 0 Å². The number of anilines is 1. The van der Waals surface area contributed by atoms with Crippen molar-refractivity contribution in [3.05, 3.63) is 21.8 Å². The average molecular weight is 442 g/mol. The van der Waals surface area contributed by atoms with Gasteiger partial charge >= 0.3 is 5.97 Å². The van der Waals surface area contributed by atoms with Crippen LogP contribution in [0.5, 0.6) is 0 Å². The van der Waals surface area contributed by atoms with Gasteiger partial charge in [-0.3, -0.25) is 14.5 Å². The number of nitrogen functional groups attached to an aromatic ring is 1. The minimum absolute atomic E-state index is 0.0646. The minimum Gasteiger partial charge on any atom is -0.477 e. The van der Waals surface area contributed by atoms with E-state index in [0.29, 0.717) is 0 Å². The minimum atomic E-state index is -1.31. The van der Waals surface area contributed by atoms with Crippen molar-refractivity contribution in [3.8, 4) is 12.3 Å². The summed E-state index contributed by atoms with van der Waals surface area (Å²) in [5.74, 6) is -0.229. The van der Waals surface area contributed by atoms with Gasteiger partial charge in [-0.1, -0.05) is 22.7 Å². The first-order valence-electron chi connectivity index (χ1n) is 7.57. The zero-order valence-electron chi connectivity index (χ0n) is 13.9. The van der Waals surface area contributed by atoms with E-state index in [9.17, 15) is 19.5 Å². The number of hydrogen-bond acceptors (Lipinski definition) is 9. The standard InChI is InChI=1S/C15H12ClN5O5S2/c1-2-3-26-20-8(7-5-28-15(17)18-7)11(22)19-9-12(23)21-10(14(24)25)6(16)4-27-13(9)21/h1,5,9,13H,3-4H2,(H2,17,18)(H,19,22)(H,24,25)/t9?,13-/m1/s1. The normalized spacial score (nSPS) is 21.5. The second kappa shape index (κ2) is 8.09. The predicted octanol–water partition coefficient (Wildman–Crippen LogP) is 0.0141. The Morgan fingerprint density at radius 3 is 2.96 bits per heavy atom. The molecule has 1 fully saturated rings. The molecule has 3 heterocycles. The molecule has 0 aromatic carbocycles. The molecule has 0 saturated carbocycles. The van der Waals surface area contributed by atoms with E-state index in [1.54, 1.807) is 0 Å². The van der Waals surface area contributed by atoms with E-state index in [1.807, 2.05) is 0 Å². The van der Waals surface area contributed by atoms with Crippen LogP contribution in [0.2, 0.25) is 0 Å². The second-order valence-corrected chi connectivity index (χ2v) is 7.86. The molecule has 146 valence electrons. The fourth-order valence-electron chi connectivity index (χ4n) is 2.53. The lowest BCUT2D eigenvalue weighted by Crippen LogP contribution is -2.71. The van der Waals surface area contributed by atoms with Gasteiger partial charge in [-0.05, 0) is 0 Å². The van der Waals surface area contributed by atoms with Gasteiger partial charge in [0.2, 0.25) is 0 Å². The SMILES string of the molecule is C#CCON=C(C(=O)NC1C(=O)N2C(C(=O)O)=C(Cl)CS[C@H]12)c1csc(N)n1. The molecule has 1 saturated heterocycles. The zero-order chi connectivity index (χ0) is 20.4. The van der Waals surface area contributed by atoms with Crippen LogP contribution in [0, 0.1) is 12.3 Å². The summed E-state index contributed by atoms with van der Waals surface area (Å²) < 4.78 is 0. The Bertz CT molecular complexity index is 953. The van der Waals surface area contributed by atoms with Crippen molar-refractivity contribution < 1.29 is 24.3 Å². The number of hydrogen-bond donors (Lipinski definition) is 3. The van der Waals surface area contributed by atoms with Crippen LogP contribution in [-0.4, -0.2) is 62.3 Å². The van der Waals surface area contributed by atoms with E-state index in [2.05, 4.69) is 21.4 Å². The fraction of sp³-hybridized carbons (Fsp3) is 0.267. The highest BCUT2D eigenvalue weighted by Crippen LogP contribution is 2.41. The molecule has 0 aliphatic carbocycles. The summed E-state index contributed by atoms with van der Waals surface area (Å²) in [4.78, 5) is 46.4. The van der Waals surface area contributed by atoms with Crippen LogP contribution < -0.4 is 11.1 Å². The van der Waals surface area contributed by atoms with Gasteiger partial charge in [0.15, 0.2) is 17.5 Å². The molecule has 28 heavy (non-hydrogen) atoms. The molecule has 2 aliphatic rings. The van der Waals surface area contributed by atoms with Crippen molar-refractivity contribution in [1.29, 1.82) is 0 Å². The predicted molar refractivity (Wildman–Crippen MR) is 103 cm³/mol. The van der Waals surface area contributed by atoms with Crippen LogP contribution in [0.4, 0.5) is 5.13 Å². The van der Waals surface area contributed by atoms with Gasteiger partial charge in [0.1, 0.15) is 22.8 Å². The number of oxime groups is 1. The Balaban J connectivity index is 1.78. The molecule has 13 heteroatoms. The number of nitrogens with zero attached hydrogens (tertiary/aromatic N) is 3. The second-order valence-electron chi connectivity index (χ2n) is 5.41. The number of amides is 2. The van der Waals surface area contributed by atoms with E-state index in [-0.39, 0.29) is 39.6 Å². The largest absolute Gasteiger partial charge is 0.477 e. The Labute approximate surface area is 171 Å². The first-order chi connectivity index (χ1) is 13.3. The Hall–Kier alpha value is -2.75. The van der Waals surface area contributed by atoms with Crippen LogP contribution >= 0.6 is 34.7 Å². The maximum atomic E-state index is 12.7. The summed E-state index contributed by atoms with van der Waals surface area (Å²) in [6.07, 6.45) is 5.09. The number of carbonyl (C=O) groups is 3. The quantitative estimate of drug-likeness (QED) is 0.184. The number of carboxylic acid groups (broad SMARTS) is 1. The lowest BCUT2D eigenvalue weighted by molar-refractivity contribution is -0.150. The molecule has 4 N–H and O–H groups in total. The maximum absolute atomic E-state index is 12.7. The molecule has 2 atom stereocenters. The zero-order valence-corrected chi connectivity index (χ0v) is 16.3. The van der Waals surface area contributed by atoms with E-state index in [0.717, 1.165) is 16.2 Å². The molecule has 1 aromatic rings. The van der Waals surface area contributed by atoms with Crippen molar-refractivity contribution in [2.45, 2.75) is 11.4 Å². The molecule has 3 rings (SSSR count). The first-order valence-corrected chi connectivity index (χ1v) is 9.88. The molecule has 1 unspecified atom stereocenters. The van der Waals surface area contributed by atoms with Crippen LogP contribution in [-0.2, 0) is 19.2 Å². The molecule has 10 nitrogen and oxygen atoms in total. The lowest BCUT2D eigenvalue weighted by atomic mass is 10.0. The summed E-state index contributed by atoms with van der Waals surface area (Å²) in [5.41, 5.74) is 5.26. The number of rotatable bonds is 6. The van der Waals surface area contributed by atoms with Crippen molar-refractivity contribution in [2.24, 2.45) is 5.16 Å². The Kier molecular flexibility index (Phi) is 5.78. The lowest BCUT2D eigenvalue weighted by Gasteiger charge is -2.48. The van der Waals surface area contributed by atoms with E-state index in [4.69, 9.17) is 28.6 Å². The number of β-lactam (4-membered cyclic amide) rings is 1. The maximum Gasteiger partial charge on any atom is 0.353 e. The number of thiazole rings is 1. The third-order valence-electron chi connectivity index (χ3n) is 3.69. The monoisotopic (exact) mass is 441 g/mol. The number of aliphatic carboxylic acids is 1. The van der Waals surface area contributed by atoms with Gasteiger partial charge in [-0.2, -0.15) is 0 Å². The van der Waals surface area contributed by atoms with Gasteiger partial charge < -0.3 is 21.0 Å². The van der Waals surface area contributed by atoms with Crippen LogP contribution in [0.1, 0.15) is 5.69 Å². The number of carbonyl (C=O) groups excluding carboxylic acids is 2. The van der Waals surface area contributed by atoms with Gasteiger partial charge in [-0.15, -0.1) is 29.5 Å². The van der Waals surface area contributed by atoms with Crippen molar-refractivity contribution in [1.82, 2.24) is 15.2 Å². The van der Waals surface area contributed by atoms with Gasteiger partial charge in [0.05, 0.1) is 5.03 Å². The van der Waals surface area contributed by atoms with Crippen LogP contribution in [0.3, 0.4) is 0 Å². The van der Waals surface area contributed by atoms with Gasteiger partial charge in [-0.25, -0.2) is 9.78 Å². The topological polar surface area (TPSA) is 147 Å². The summed E-state index contributed by atoms with van der Waals surface area (Å²) in [6, 6.07) is -0.953. The number of thioether (sulfide) groups is 1. The fourth-order valence-corrected chi connectivity index (χ4v) is 4.62. The molecule has 0 bridgehead atoms. The number of nitrogens with one attached hydrogen (secondary N) is 1. The molecule has 2 aliphatic heterocycles. The number of halogens is 1. The third kappa shape index (κ3) is 3.64. The molecule has 0 radical (unpaired) electrons. The third-order valence-corrected chi connectivity index (χ3v) is 6.12. The molecule has 1 aromatic heterocycles. The molecular weight excluding hydrogens is 430 g/mol. The van der Waals surface area contributed by atoms with E-state index < -0.39 is 29.2 Å². The molecule has 0 spiro atoms. The number of carboxylic acids is 1. The summed E-state index contributed by atoms with van der Waals surface area (Å²) in [7, 11) is 0. The van der Waals surface area contributed by atoms with Crippen molar-refractivity contribution in [3.63, 3.8) is 0 Å². The Morgan fingerprint density at radius 2 is 2.36 bits per heavy atom. The summed E-state index contributed by atoms with van der Waals surface area (Å²) in [6.45, 7) is -0.170. The highest BCUT2D eigenvalue weighted by Gasteiger charge is 2.54. The van der Waals surface area contributed by atoms with Crippen LogP contribution in [0.25, 0.3) is 0 Å². The smallest absolute Gasteiger partial charge is 0.353 e. The number of fused-ring (bicyclic) bond motifs is 1. The number of terminal acetylenes is 1. The summed E-state index contributed by atoms with van der Waals surface area (Å²) in [5, 5.41) is 16.7. The van der Waals surface area contributed by atoms with Crippen molar-refractivity contribution in [2.75, 3.05) is 18.1 Å². The van der Waals surface area contributed by atoms with Gasteiger partial charge in [0.25, 0.3) is 11.8 Å². The van der Waals surface area contributed by atoms with Crippen molar-refractivity contribution >= 4 is 63.3 Å². The number of nitrogens with two attached hydrogens (primary N) is 1. The van der Waals surface area contributed by atoms with E-state index in [1.165, 1.54) is 17.1 Å². The molecular formula is C15H12ClN5O5S2. The van der Waals surface area contributed by atoms with Gasteiger partial charge in [0, 0.05) is 11.1 Å². The average Bonchev–Trinajstić information content (AvgIpc) is 3.08. The highest BCUT2D eigenvalue weighted by atomic mass is 35.5. The Morgan fingerprint density at radius 1 is 1.61 bits per heavy atom. The molecule has 2 amide bonds.